The fourth-order valence-corrected chi connectivity index (χ4v) is 1.87. The number of hydrogen-bond donors (Lipinski definition) is 1. The number of rotatable bonds is 3. The van der Waals surface area contributed by atoms with Gasteiger partial charge in [0.15, 0.2) is 0 Å². The molecule has 16 heavy (non-hydrogen) atoms. The highest BCUT2D eigenvalue weighted by Gasteiger charge is 2.04. The van der Waals surface area contributed by atoms with Crippen LogP contribution in [0.5, 0.6) is 5.75 Å². The first-order valence-corrected chi connectivity index (χ1v) is 5.40. The number of nitrogens with one attached hydrogen (secondary N) is 1. The summed E-state index contributed by atoms with van der Waals surface area (Å²) < 4.78 is 5.10. The number of ether oxygens (including phenoxy) is 1. The third-order valence-corrected chi connectivity index (χ3v) is 2.66. The van der Waals surface area contributed by atoms with Crippen molar-refractivity contribution in [1.29, 1.82) is 0 Å². The summed E-state index contributed by atoms with van der Waals surface area (Å²) in [6.07, 6.45) is 0.772. The zero-order valence-electron chi connectivity index (χ0n) is 9.25. The molecule has 3 nitrogen and oxygen atoms in total. The largest absolute Gasteiger partial charge is 0.495 e. The molecule has 2 rings (SSSR count). The summed E-state index contributed by atoms with van der Waals surface area (Å²) in [7, 11) is 1.61. The van der Waals surface area contributed by atoms with Crippen LogP contribution in [0.4, 0.5) is 0 Å². The van der Waals surface area contributed by atoms with E-state index in [1.54, 1.807) is 7.11 Å². The lowest BCUT2D eigenvalue weighted by atomic mass is 10.1. The predicted octanol–water partition coefficient (Wildman–Crippen LogP) is 2.97. The molecule has 1 heterocycles. The van der Waals surface area contributed by atoms with Gasteiger partial charge in [0.2, 0.25) is 0 Å². The zero-order chi connectivity index (χ0) is 11.5. The number of methoxy groups -OCH3 is 1. The molecule has 1 aromatic carbocycles. The summed E-state index contributed by atoms with van der Waals surface area (Å²) in [6, 6.07) is 7.80. The van der Waals surface area contributed by atoms with Crippen molar-refractivity contribution in [2.24, 2.45) is 0 Å². The van der Waals surface area contributed by atoms with Crippen LogP contribution in [0.3, 0.4) is 0 Å². The second kappa shape index (κ2) is 4.58. The van der Waals surface area contributed by atoms with Crippen molar-refractivity contribution in [3.8, 4) is 5.75 Å². The van der Waals surface area contributed by atoms with E-state index in [0.29, 0.717) is 10.8 Å². The van der Waals surface area contributed by atoms with E-state index < -0.39 is 0 Å². The van der Waals surface area contributed by atoms with E-state index in [0.717, 1.165) is 23.4 Å². The lowest BCUT2D eigenvalue weighted by Crippen LogP contribution is -1.90. The van der Waals surface area contributed by atoms with Crippen LogP contribution in [0.2, 0.25) is 5.02 Å². The van der Waals surface area contributed by atoms with Crippen molar-refractivity contribution < 1.29 is 4.74 Å². The molecule has 0 spiro atoms. The molecule has 0 amide bonds. The first kappa shape index (κ1) is 11.0. The molecule has 84 valence electrons. The molecule has 1 aromatic heterocycles. The Morgan fingerprint density at radius 1 is 1.38 bits per heavy atom. The molecule has 0 aliphatic rings. The molecule has 0 bridgehead atoms. The molecule has 0 saturated heterocycles. The fourth-order valence-electron chi connectivity index (χ4n) is 1.59. The van der Waals surface area contributed by atoms with Crippen molar-refractivity contribution >= 4 is 11.6 Å². The number of halogens is 1. The first-order valence-electron chi connectivity index (χ1n) is 5.02. The van der Waals surface area contributed by atoms with E-state index in [4.69, 9.17) is 16.3 Å². The smallest absolute Gasteiger partial charge is 0.137 e. The van der Waals surface area contributed by atoms with Gasteiger partial charge in [-0.2, -0.15) is 5.10 Å². The molecular weight excluding hydrogens is 224 g/mol. The van der Waals surface area contributed by atoms with Gasteiger partial charge in [0, 0.05) is 12.1 Å². The highest BCUT2D eigenvalue weighted by Crippen LogP contribution is 2.25. The Morgan fingerprint density at radius 3 is 2.75 bits per heavy atom. The molecule has 0 saturated carbocycles. The molecule has 0 atom stereocenters. The zero-order valence-corrected chi connectivity index (χ0v) is 10.0. The molecule has 0 radical (unpaired) electrons. The number of hydrogen-bond acceptors (Lipinski definition) is 2. The van der Waals surface area contributed by atoms with Gasteiger partial charge in [-0.3, -0.25) is 5.10 Å². The monoisotopic (exact) mass is 236 g/mol. The van der Waals surface area contributed by atoms with E-state index in [1.165, 1.54) is 0 Å². The van der Waals surface area contributed by atoms with Crippen LogP contribution in [0.25, 0.3) is 0 Å². The topological polar surface area (TPSA) is 37.9 Å². The second-order valence-electron chi connectivity index (χ2n) is 3.69. The van der Waals surface area contributed by atoms with Crippen LogP contribution in [-0.2, 0) is 6.42 Å². The maximum atomic E-state index is 6.05. The number of aromatic nitrogens is 2. The van der Waals surface area contributed by atoms with Crippen molar-refractivity contribution in [2.45, 2.75) is 13.3 Å². The average Bonchev–Trinajstić information content (AvgIpc) is 2.64. The Hall–Kier alpha value is -1.48. The van der Waals surface area contributed by atoms with Crippen LogP contribution in [0.1, 0.15) is 17.0 Å². The Bertz CT molecular complexity index is 494. The minimum Gasteiger partial charge on any atom is -0.495 e. The summed E-state index contributed by atoms with van der Waals surface area (Å²) in [5, 5.41) is 7.73. The Kier molecular flexibility index (Phi) is 3.15. The van der Waals surface area contributed by atoms with Gasteiger partial charge in [-0.15, -0.1) is 0 Å². The van der Waals surface area contributed by atoms with Crippen LogP contribution >= 0.6 is 11.6 Å². The molecule has 0 unspecified atom stereocenters. The highest BCUT2D eigenvalue weighted by molar-refractivity contribution is 6.32. The van der Waals surface area contributed by atoms with Crippen LogP contribution < -0.4 is 4.74 Å². The SMILES string of the molecule is COc1ccc(Cc2cc(C)[nH]n2)cc1Cl. The number of aryl methyl sites for hydroxylation is 1. The summed E-state index contributed by atoms with van der Waals surface area (Å²) in [5.74, 6) is 0.698. The summed E-state index contributed by atoms with van der Waals surface area (Å²) >= 11 is 6.05. The van der Waals surface area contributed by atoms with E-state index in [2.05, 4.69) is 10.2 Å². The third-order valence-electron chi connectivity index (χ3n) is 2.36. The number of benzene rings is 1. The summed E-state index contributed by atoms with van der Waals surface area (Å²) in [6.45, 7) is 1.98. The van der Waals surface area contributed by atoms with Gasteiger partial charge in [0.1, 0.15) is 5.75 Å². The van der Waals surface area contributed by atoms with E-state index in [1.807, 2.05) is 31.2 Å². The number of aromatic amines is 1. The van der Waals surface area contributed by atoms with E-state index in [-0.39, 0.29) is 0 Å². The average molecular weight is 237 g/mol. The molecule has 0 fully saturated rings. The van der Waals surface area contributed by atoms with Gasteiger partial charge < -0.3 is 4.74 Å². The maximum absolute atomic E-state index is 6.05. The Morgan fingerprint density at radius 2 is 2.19 bits per heavy atom. The minimum atomic E-state index is 0.632. The minimum absolute atomic E-state index is 0.632. The van der Waals surface area contributed by atoms with Gasteiger partial charge in [0.05, 0.1) is 17.8 Å². The predicted molar refractivity (Wildman–Crippen MR) is 64.1 cm³/mol. The second-order valence-corrected chi connectivity index (χ2v) is 4.10. The molecule has 1 N–H and O–H groups in total. The molecular formula is C12H13ClN2O. The lowest BCUT2D eigenvalue weighted by Gasteiger charge is -2.04. The molecule has 4 heteroatoms. The highest BCUT2D eigenvalue weighted by atomic mass is 35.5. The summed E-state index contributed by atoms with van der Waals surface area (Å²) in [4.78, 5) is 0. The van der Waals surface area contributed by atoms with Gasteiger partial charge in [0.25, 0.3) is 0 Å². The standard InChI is InChI=1S/C12H13ClN2O/c1-8-5-10(15-14-8)6-9-3-4-12(16-2)11(13)7-9/h3-5,7H,6H2,1-2H3,(H,14,15). The number of nitrogens with zero attached hydrogens (tertiary/aromatic N) is 1. The van der Waals surface area contributed by atoms with E-state index >= 15 is 0 Å². The fraction of sp³-hybridized carbons (Fsp3) is 0.250. The van der Waals surface area contributed by atoms with Crippen molar-refractivity contribution in [2.75, 3.05) is 7.11 Å². The lowest BCUT2D eigenvalue weighted by molar-refractivity contribution is 0.415. The van der Waals surface area contributed by atoms with Crippen LogP contribution in [0.15, 0.2) is 24.3 Å². The van der Waals surface area contributed by atoms with Gasteiger partial charge in [-0.05, 0) is 30.7 Å². The van der Waals surface area contributed by atoms with E-state index in [9.17, 15) is 0 Å². The van der Waals surface area contributed by atoms with Crippen LogP contribution in [-0.4, -0.2) is 17.3 Å². The van der Waals surface area contributed by atoms with Gasteiger partial charge in [-0.25, -0.2) is 0 Å². The number of H-pyrrole nitrogens is 1. The van der Waals surface area contributed by atoms with Crippen molar-refractivity contribution in [3.05, 3.63) is 46.2 Å². The van der Waals surface area contributed by atoms with Crippen LogP contribution in [0, 0.1) is 6.92 Å². The van der Waals surface area contributed by atoms with Gasteiger partial charge >= 0.3 is 0 Å². The molecule has 0 aliphatic carbocycles. The first-order chi connectivity index (χ1) is 7.69. The Labute approximate surface area is 99.4 Å². The van der Waals surface area contributed by atoms with Gasteiger partial charge in [-0.1, -0.05) is 17.7 Å². The normalized spacial score (nSPS) is 10.4. The molecule has 0 aliphatic heterocycles. The van der Waals surface area contributed by atoms with Crippen molar-refractivity contribution in [1.82, 2.24) is 10.2 Å². The summed E-state index contributed by atoms with van der Waals surface area (Å²) in [5.41, 5.74) is 3.20. The Balaban J connectivity index is 2.19. The van der Waals surface area contributed by atoms with Crippen molar-refractivity contribution in [3.63, 3.8) is 0 Å². The quantitative estimate of drug-likeness (QED) is 0.890. The third kappa shape index (κ3) is 2.36. The molecule has 2 aromatic rings. The maximum Gasteiger partial charge on any atom is 0.137 e.